The average Bonchev–Trinajstić information content (AvgIpc) is 2.57. The largest absolute Gasteiger partial charge is 0.317 e. The highest BCUT2D eigenvalue weighted by Crippen LogP contribution is 2.23. The van der Waals surface area contributed by atoms with E-state index in [1.165, 1.54) is 12.1 Å². The van der Waals surface area contributed by atoms with E-state index in [4.69, 9.17) is 0 Å². The van der Waals surface area contributed by atoms with E-state index in [-0.39, 0.29) is 11.7 Å². The lowest BCUT2D eigenvalue weighted by Crippen LogP contribution is -2.20. The molecular weight excluding hydrogens is 220 g/mol. The Morgan fingerprint density at radius 3 is 3.00 bits per heavy atom. The van der Waals surface area contributed by atoms with Gasteiger partial charge in [-0.3, -0.25) is 0 Å². The van der Waals surface area contributed by atoms with Gasteiger partial charge >= 0.3 is 0 Å². The van der Waals surface area contributed by atoms with Crippen molar-refractivity contribution in [3.8, 4) is 0 Å². The lowest BCUT2D eigenvalue weighted by atomic mass is 9.91. The van der Waals surface area contributed by atoms with Crippen molar-refractivity contribution in [3.63, 3.8) is 0 Å². The molecule has 1 saturated heterocycles. The molecule has 1 aliphatic rings. The summed E-state index contributed by atoms with van der Waals surface area (Å²) in [6, 6.07) is 6.27. The van der Waals surface area contributed by atoms with Crippen molar-refractivity contribution in [2.45, 2.75) is 31.9 Å². The van der Waals surface area contributed by atoms with Gasteiger partial charge in [0, 0.05) is 6.42 Å². The first-order valence-corrected chi connectivity index (χ1v) is 6.35. The van der Waals surface area contributed by atoms with Crippen LogP contribution in [0.15, 0.2) is 24.3 Å². The Balaban J connectivity index is 1.93. The number of benzene rings is 1. The van der Waals surface area contributed by atoms with Crippen molar-refractivity contribution in [1.82, 2.24) is 5.32 Å². The second-order valence-corrected chi connectivity index (χ2v) is 4.79. The average molecular weight is 239 g/mol. The highest BCUT2D eigenvalue weighted by Gasteiger charge is 2.22. The Bertz CT molecular complexity index is 346. The molecule has 1 aromatic rings. The van der Waals surface area contributed by atoms with Crippen LogP contribution in [0.3, 0.4) is 0 Å². The molecule has 0 aromatic heterocycles. The highest BCUT2D eigenvalue weighted by atomic mass is 19.1. The summed E-state index contributed by atoms with van der Waals surface area (Å²) in [5.41, 5.74) is 0.759. The van der Waals surface area contributed by atoms with Gasteiger partial charge in [-0.25, -0.2) is 8.78 Å². The lowest BCUT2D eigenvalue weighted by Gasteiger charge is -2.18. The van der Waals surface area contributed by atoms with E-state index in [1.807, 2.05) is 0 Å². The second-order valence-electron chi connectivity index (χ2n) is 4.79. The maximum absolute atomic E-state index is 14.1. The lowest BCUT2D eigenvalue weighted by molar-refractivity contribution is 0.210. The molecule has 1 nitrogen and oxygen atoms in total. The van der Waals surface area contributed by atoms with Crippen molar-refractivity contribution >= 4 is 0 Å². The van der Waals surface area contributed by atoms with E-state index in [1.54, 1.807) is 12.1 Å². The number of hydrogen-bond acceptors (Lipinski definition) is 1. The number of halogens is 2. The summed E-state index contributed by atoms with van der Waals surface area (Å²) in [5, 5.41) is 3.28. The smallest absolute Gasteiger partial charge is 0.123 e. The molecule has 0 bridgehead atoms. The molecule has 2 atom stereocenters. The van der Waals surface area contributed by atoms with Crippen molar-refractivity contribution in [3.05, 3.63) is 35.6 Å². The number of hydrogen-bond donors (Lipinski definition) is 1. The van der Waals surface area contributed by atoms with Gasteiger partial charge in [0.25, 0.3) is 0 Å². The monoisotopic (exact) mass is 239 g/mol. The van der Waals surface area contributed by atoms with E-state index in [0.29, 0.717) is 6.42 Å². The molecule has 2 unspecified atom stereocenters. The molecule has 94 valence electrons. The topological polar surface area (TPSA) is 12.0 Å². The second kappa shape index (κ2) is 6.10. The fraction of sp³-hybridized carbons (Fsp3) is 0.571. The third-order valence-electron chi connectivity index (χ3n) is 3.45. The van der Waals surface area contributed by atoms with E-state index in [9.17, 15) is 8.78 Å². The Labute approximate surface area is 101 Å². The van der Waals surface area contributed by atoms with Crippen LogP contribution in [0.2, 0.25) is 0 Å². The van der Waals surface area contributed by atoms with Gasteiger partial charge in [-0.2, -0.15) is 0 Å². The highest BCUT2D eigenvalue weighted by molar-refractivity contribution is 5.17. The van der Waals surface area contributed by atoms with Crippen LogP contribution in [-0.2, 0) is 6.42 Å². The fourth-order valence-electron chi connectivity index (χ4n) is 2.46. The van der Waals surface area contributed by atoms with Gasteiger partial charge in [0.15, 0.2) is 0 Å². The molecular formula is C14H19F2N. The molecule has 1 aromatic carbocycles. The maximum Gasteiger partial charge on any atom is 0.123 e. The van der Waals surface area contributed by atoms with Gasteiger partial charge in [0.1, 0.15) is 12.0 Å². The summed E-state index contributed by atoms with van der Waals surface area (Å²) >= 11 is 0. The summed E-state index contributed by atoms with van der Waals surface area (Å²) in [7, 11) is 0. The minimum Gasteiger partial charge on any atom is -0.317 e. The molecule has 0 radical (unpaired) electrons. The maximum atomic E-state index is 14.1. The third kappa shape index (κ3) is 3.77. The summed E-state index contributed by atoms with van der Waals surface area (Å²) in [6.45, 7) is 1.89. The van der Waals surface area contributed by atoms with Gasteiger partial charge in [0.2, 0.25) is 0 Å². The van der Waals surface area contributed by atoms with Crippen LogP contribution in [0.5, 0.6) is 0 Å². The minimum absolute atomic E-state index is 0.119. The number of alkyl halides is 1. The van der Waals surface area contributed by atoms with Crippen LogP contribution >= 0.6 is 0 Å². The Kier molecular flexibility index (Phi) is 4.49. The van der Waals surface area contributed by atoms with Crippen LogP contribution in [0.25, 0.3) is 0 Å². The van der Waals surface area contributed by atoms with Crippen molar-refractivity contribution in [2.24, 2.45) is 5.92 Å². The van der Waals surface area contributed by atoms with Crippen LogP contribution in [0.1, 0.15) is 24.8 Å². The van der Waals surface area contributed by atoms with Gasteiger partial charge in [-0.1, -0.05) is 12.1 Å². The van der Waals surface area contributed by atoms with Crippen molar-refractivity contribution < 1.29 is 8.78 Å². The van der Waals surface area contributed by atoms with Crippen molar-refractivity contribution in [2.75, 3.05) is 13.1 Å². The molecule has 0 aliphatic carbocycles. The predicted octanol–water partition coefficient (Wildman–Crippen LogP) is 3.10. The summed E-state index contributed by atoms with van der Waals surface area (Å²) in [4.78, 5) is 0. The Morgan fingerprint density at radius 1 is 1.29 bits per heavy atom. The standard InChI is InChI=1S/C14H19F2N/c15-13-5-1-3-11(9-13)10-14(16)12-4-2-7-17-8-6-12/h1,3,5,9,12,14,17H,2,4,6-8,10H2. The molecule has 3 heteroatoms. The zero-order valence-electron chi connectivity index (χ0n) is 9.96. The van der Waals surface area contributed by atoms with Gasteiger partial charge in [-0.15, -0.1) is 0 Å². The van der Waals surface area contributed by atoms with Gasteiger partial charge in [0.05, 0.1) is 0 Å². The summed E-state index contributed by atoms with van der Waals surface area (Å²) < 4.78 is 27.1. The SMILES string of the molecule is Fc1cccc(CC(F)C2CCCNCC2)c1. The predicted molar refractivity (Wildman–Crippen MR) is 65.2 cm³/mol. The molecule has 0 spiro atoms. The fourth-order valence-corrected chi connectivity index (χ4v) is 2.46. The van der Waals surface area contributed by atoms with E-state index < -0.39 is 6.17 Å². The molecule has 0 amide bonds. The summed E-state index contributed by atoms with van der Waals surface area (Å²) in [6.07, 6.45) is 2.34. The van der Waals surface area contributed by atoms with E-state index in [0.717, 1.165) is 37.9 Å². The number of rotatable bonds is 3. The van der Waals surface area contributed by atoms with Gasteiger partial charge < -0.3 is 5.32 Å². The first-order valence-electron chi connectivity index (χ1n) is 6.35. The molecule has 0 saturated carbocycles. The zero-order chi connectivity index (χ0) is 12.1. The van der Waals surface area contributed by atoms with E-state index >= 15 is 0 Å². The zero-order valence-corrected chi connectivity index (χ0v) is 9.96. The molecule has 2 rings (SSSR count). The first-order chi connectivity index (χ1) is 8.25. The third-order valence-corrected chi connectivity index (χ3v) is 3.45. The van der Waals surface area contributed by atoms with Crippen molar-refractivity contribution in [1.29, 1.82) is 0 Å². The van der Waals surface area contributed by atoms with Crippen LogP contribution in [-0.4, -0.2) is 19.3 Å². The minimum atomic E-state index is -0.850. The normalized spacial score (nSPS) is 23.1. The van der Waals surface area contributed by atoms with Crippen LogP contribution in [0, 0.1) is 11.7 Å². The van der Waals surface area contributed by atoms with Crippen LogP contribution in [0.4, 0.5) is 8.78 Å². The van der Waals surface area contributed by atoms with E-state index in [2.05, 4.69) is 5.32 Å². The summed E-state index contributed by atoms with van der Waals surface area (Å²) in [5.74, 6) is -0.162. The quantitative estimate of drug-likeness (QED) is 0.854. The number of nitrogens with one attached hydrogen (secondary N) is 1. The molecule has 1 fully saturated rings. The molecule has 1 heterocycles. The first kappa shape index (κ1) is 12.5. The Morgan fingerprint density at radius 2 is 2.18 bits per heavy atom. The Hall–Kier alpha value is -0.960. The molecule has 1 N–H and O–H groups in total. The van der Waals surface area contributed by atoms with Crippen LogP contribution < -0.4 is 5.32 Å². The van der Waals surface area contributed by atoms with Gasteiger partial charge in [-0.05, 0) is 56.0 Å². The molecule has 1 aliphatic heterocycles. The molecule has 17 heavy (non-hydrogen) atoms.